The van der Waals surface area contributed by atoms with E-state index in [0.717, 1.165) is 36.4 Å². The Morgan fingerprint density at radius 2 is 1.77 bits per heavy atom. The summed E-state index contributed by atoms with van der Waals surface area (Å²) in [5.74, 6) is -5.30. The molecule has 0 aliphatic rings. The van der Waals surface area contributed by atoms with E-state index in [1.807, 2.05) is 0 Å². The zero-order valence-corrected chi connectivity index (χ0v) is 16.6. The van der Waals surface area contributed by atoms with Gasteiger partial charge in [0.2, 0.25) is 5.70 Å². The Bertz CT molecular complexity index is 991. The number of hydrogen-bond donors (Lipinski definition) is 1. The van der Waals surface area contributed by atoms with E-state index >= 15 is 0 Å². The Balaban J connectivity index is 2.45. The molecule has 0 bridgehead atoms. The maximum absolute atomic E-state index is 14.3. The number of nitrogens with zero attached hydrogens (tertiary/aromatic N) is 2. The minimum atomic E-state index is -4.88. The molecule has 160 valence electrons. The number of carbonyl (C=O) groups is 1. The predicted molar refractivity (Wildman–Crippen MR) is 97.9 cm³/mol. The van der Waals surface area contributed by atoms with Gasteiger partial charge in [-0.1, -0.05) is 0 Å². The van der Waals surface area contributed by atoms with Gasteiger partial charge in [0.05, 0.1) is 22.3 Å². The molecule has 0 unspecified atom stereocenters. The van der Waals surface area contributed by atoms with E-state index in [0.29, 0.717) is 0 Å². The number of hydrogen-bond acceptors (Lipinski definition) is 6. The Morgan fingerprint density at radius 1 is 1.13 bits per heavy atom. The monoisotopic (exact) mass is 494 g/mol. The van der Waals surface area contributed by atoms with Gasteiger partial charge in [-0.05, 0) is 59.3 Å². The highest BCUT2D eigenvalue weighted by molar-refractivity contribution is 9.10. The van der Waals surface area contributed by atoms with E-state index in [1.54, 1.807) is 0 Å². The number of rotatable bonds is 6. The summed E-state index contributed by atoms with van der Waals surface area (Å²) < 4.78 is 73.1. The lowest BCUT2D eigenvalue weighted by molar-refractivity contribution is -0.274. The van der Waals surface area contributed by atoms with Gasteiger partial charge in [0, 0.05) is 0 Å². The molecule has 0 amide bonds. The van der Waals surface area contributed by atoms with Crippen molar-refractivity contribution in [1.82, 2.24) is 0 Å². The largest absolute Gasteiger partial charge is 0.573 e. The fraction of sp³-hybridized carbons (Fsp3) is 0.167. The Labute approximate surface area is 174 Å². The van der Waals surface area contributed by atoms with Crippen molar-refractivity contribution in [2.45, 2.75) is 13.3 Å². The van der Waals surface area contributed by atoms with E-state index < -0.39 is 46.7 Å². The van der Waals surface area contributed by atoms with Crippen LogP contribution >= 0.6 is 15.9 Å². The first-order valence-electron chi connectivity index (χ1n) is 8.05. The van der Waals surface area contributed by atoms with Gasteiger partial charge in [0.25, 0.3) is 0 Å². The highest BCUT2D eigenvalue weighted by Crippen LogP contribution is 2.30. The molecular weight excluding hydrogens is 483 g/mol. The lowest BCUT2D eigenvalue weighted by atomic mass is 10.1. The summed E-state index contributed by atoms with van der Waals surface area (Å²) >= 11 is 2.83. The number of azo groups is 1. The third-order valence-electron chi connectivity index (χ3n) is 3.31. The summed E-state index contributed by atoms with van der Waals surface area (Å²) in [4.78, 5) is 12.1. The first-order valence-corrected chi connectivity index (χ1v) is 8.84. The molecule has 0 spiro atoms. The molecule has 0 heterocycles. The van der Waals surface area contributed by atoms with Gasteiger partial charge in [-0.3, -0.25) is 0 Å². The maximum atomic E-state index is 14.3. The van der Waals surface area contributed by atoms with Crippen LogP contribution in [0, 0.1) is 11.6 Å². The molecule has 0 saturated heterocycles. The standard InChI is InChI=1S/C18H12BrF5N2O4/c1-2-29-17(28)15(16(27)13-12(20)8-7-11(19)14(13)21)26-25-9-3-5-10(6-4-9)30-18(22,23)24/h3-8,27H,2H2,1H3. The third-order valence-corrected chi connectivity index (χ3v) is 3.92. The van der Waals surface area contributed by atoms with Crippen molar-refractivity contribution in [3.05, 3.63) is 63.8 Å². The first kappa shape index (κ1) is 23.3. The number of aliphatic hydroxyl groups is 1. The van der Waals surface area contributed by atoms with Crippen molar-refractivity contribution in [1.29, 1.82) is 0 Å². The van der Waals surface area contributed by atoms with Crippen molar-refractivity contribution in [3.63, 3.8) is 0 Å². The number of carbonyl (C=O) groups excluding carboxylic acids is 1. The molecule has 0 aliphatic heterocycles. The maximum Gasteiger partial charge on any atom is 0.573 e. The van der Waals surface area contributed by atoms with Gasteiger partial charge in [-0.25, -0.2) is 13.6 Å². The summed E-state index contributed by atoms with van der Waals surface area (Å²) in [5.41, 5.74) is -1.90. The van der Waals surface area contributed by atoms with Gasteiger partial charge in [0.15, 0.2) is 11.6 Å². The number of esters is 1. The van der Waals surface area contributed by atoms with Crippen LogP contribution in [0.15, 0.2) is 56.8 Å². The Hall–Kier alpha value is -3.02. The van der Waals surface area contributed by atoms with Crippen LogP contribution in [-0.2, 0) is 9.53 Å². The zero-order valence-electron chi connectivity index (χ0n) is 15.0. The van der Waals surface area contributed by atoms with E-state index in [1.165, 1.54) is 6.92 Å². The number of alkyl halides is 3. The molecule has 2 aromatic carbocycles. The predicted octanol–water partition coefficient (Wildman–Crippen LogP) is 6.20. The molecule has 0 atom stereocenters. The highest BCUT2D eigenvalue weighted by Gasteiger charge is 2.31. The molecule has 0 aromatic heterocycles. The summed E-state index contributed by atoms with van der Waals surface area (Å²) in [7, 11) is 0. The second-order valence-corrected chi connectivity index (χ2v) is 6.23. The van der Waals surface area contributed by atoms with Crippen LogP contribution in [0.5, 0.6) is 5.75 Å². The molecule has 2 rings (SSSR count). The van der Waals surface area contributed by atoms with Gasteiger partial charge in [-0.2, -0.15) is 5.11 Å². The minimum absolute atomic E-state index is 0.0469. The second-order valence-electron chi connectivity index (χ2n) is 5.38. The van der Waals surface area contributed by atoms with Crippen LogP contribution in [0.4, 0.5) is 27.6 Å². The smallest absolute Gasteiger partial charge is 0.505 e. The van der Waals surface area contributed by atoms with Gasteiger partial charge >= 0.3 is 12.3 Å². The normalized spacial score (nSPS) is 12.6. The van der Waals surface area contributed by atoms with Gasteiger partial charge in [0.1, 0.15) is 11.6 Å². The van der Waals surface area contributed by atoms with E-state index in [2.05, 4.69) is 30.9 Å². The van der Waals surface area contributed by atoms with E-state index in [4.69, 9.17) is 4.74 Å². The molecular formula is C18H12BrF5N2O4. The van der Waals surface area contributed by atoms with Crippen molar-refractivity contribution in [2.24, 2.45) is 10.2 Å². The molecule has 12 heteroatoms. The van der Waals surface area contributed by atoms with E-state index in [-0.39, 0.29) is 16.8 Å². The third kappa shape index (κ3) is 5.99. The zero-order chi connectivity index (χ0) is 22.5. The summed E-state index contributed by atoms with van der Waals surface area (Å²) in [6, 6.07) is 5.91. The molecule has 0 fully saturated rings. The molecule has 6 nitrogen and oxygen atoms in total. The lowest BCUT2D eigenvalue weighted by Gasteiger charge is -2.09. The van der Waals surface area contributed by atoms with Crippen molar-refractivity contribution in [2.75, 3.05) is 6.61 Å². The average Bonchev–Trinajstić information content (AvgIpc) is 2.65. The van der Waals surface area contributed by atoms with Crippen LogP contribution in [-0.4, -0.2) is 24.0 Å². The number of benzene rings is 2. The number of aliphatic hydroxyl groups excluding tert-OH is 1. The van der Waals surface area contributed by atoms with Crippen LogP contribution in [0.2, 0.25) is 0 Å². The highest BCUT2D eigenvalue weighted by atomic mass is 79.9. The van der Waals surface area contributed by atoms with Crippen molar-refractivity contribution in [3.8, 4) is 5.75 Å². The van der Waals surface area contributed by atoms with E-state index in [9.17, 15) is 31.9 Å². The fourth-order valence-corrected chi connectivity index (χ4v) is 2.40. The summed E-state index contributed by atoms with van der Waals surface area (Å²) in [6.07, 6.45) is -4.88. The van der Waals surface area contributed by atoms with Crippen molar-refractivity contribution < 1.29 is 41.3 Å². The molecule has 30 heavy (non-hydrogen) atoms. The molecule has 0 saturated carbocycles. The van der Waals surface area contributed by atoms with Crippen molar-refractivity contribution >= 4 is 33.3 Å². The topological polar surface area (TPSA) is 80.5 Å². The first-order chi connectivity index (χ1) is 14.0. The Kier molecular flexibility index (Phi) is 7.48. The lowest BCUT2D eigenvalue weighted by Crippen LogP contribution is -2.16. The molecule has 0 radical (unpaired) electrons. The summed E-state index contributed by atoms with van der Waals surface area (Å²) in [6.45, 7) is 1.31. The van der Waals surface area contributed by atoms with Gasteiger partial charge in [-0.15, -0.1) is 18.3 Å². The Morgan fingerprint density at radius 3 is 2.33 bits per heavy atom. The molecule has 0 aliphatic carbocycles. The summed E-state index contributed by atoms with van der Waals surface area (Å²) in [5, 5.41) is 17.4. The molecule has 1 N–H and O–H groups in total. The molecule has 2 aromatic rings. The quantitative estimate of drug-likeness (QED) is 0.129. The number of halogens is 6. The average molecular weight is 495 g/mol. The van der Waals surface area contributed by atoms with Crippen LogP contribution in [0.25, 0.3) is 5.76 Å². The number of ether oxygens (including phenoxy) is 2. The van der Waals surface area contributed by atoms with Crippen LogP contribution in [0.1, 0.15) is 12.5 Å². The second kappa shape index (κ2) is 9.65. The minimum Gasteiger partial charge on any atom is -0.505 e. The van der Waals surface area contributed by atoms with Crippen LogP contribution < -0.4 is 4.74 Å². The fourth-order valence-electron chi connectivity index (χ4n) is 2.07. The SMILES string of the molecule is CCOC(=O)C(N=Nc1ccc(OC(F)(F)F)cc1)=C(O)c1c(F)ccc(Br)c1F. The van der Waals surface area contributed by atoms with Crippen LogP contribution in [0.3, 0.4) is 0 Å². The van der Waals surface area contributed by atoms with Gasteiger partial charge < -0.3 is 14.6 Å².